The summed E-state index contributed by atoms with van der Waals surface area (Å²) in [5.74, 6) is 0.0943. The minimum absolute atomic E-state index is 0.365. The number of hydrogen-bond donors (Lipinski definition) is 0. The van der Waals surface area contributed by atoms with E-state index in [2.05, 4.69) is 4.98 Å². The number of carbonyl (C=O) groups excluding carboxylic acids is 1. The summed E-state index contributed by atoms with van der Waals surface area (Å²) in [5.41, 5.74) is 2.54. The minimum Gasteiger partial charge on any atom is -0.421 e. The van der Waals surface area contributed by atoms with Crippen LogP contribution in [0.15, 0.2) is 42.6 Å². The normalized spacial score (nSPS) is 10.0. The molecule has 0 aliphatic heterocycles. The molecule has 1 heterocycles. The standard InChI is InChI=1S/C14H13NO2/c1-10-3-6-12(7-4-10)14(16)17-13-8-5-11(2)15-9-13/h3-9H,1-2H3. The van der Waals surface area contributed by atoms with Gasteiger partial charge in [-0.2, -0.15) is 0 Å². The molecule has 0 unspecified atom stereocenters. The molecule has 2 aromatic rings. The fourth-order valence-electron chi connectivity index (χ4n) is 1.37. The topological polar surface area (TPSA) is 39.2 Å². The Balaban J connectivity index is 2.11. The third kappa shape index (κ3) is 2.91. The van der Waals surface area contributed by atoms with Crippen molar-refractivity contribution in [2.24, 2.45) is 0 Å². The van der Waals surface area contributed by atoms with Gasteiger partial charge in [0.2, 0.25) is 0 Å². The van der Waals surface area contributed by atoms with Gasteiger partial charge >= 0.3 is 5.97 Å². The molecular weight excluding hydrogens is 214 g/mol. The predicted octanol–water partition coefficient (Wildman–Crippen LogP) is 2.92. The zero-order valence-corrected chi connectivity index (χ0v) is 9.81. The second kappa shape index (κ2) is 4.78. The van der Waals surface area contributed by atoms with Gasteiger partial charge in [0, 0.05) is 5.69 Å². The van der Waals surface area contributed by atoms with E-state index < -0.39 is 0 Å². The fourth-order valence-corrected chi connectivity index (χ4v) is 1.37. The molecule has 0 amide bonds. The van der Waals surface area contributed by atoms with Crippen LogP contribution in [-0.2, 0) is 0 Å². The van der Waals surface area contributed by atoms with E-state index in [1.807, 2.05) is 26.0 Å². The van der Waals surface area contributed by atoms with Crippen LogP contribution in [0.4, 0.5) is 0 Å². The Bertz CT molecular complexity index is 515. The summed E-state index contributed by atoms with van der Waals surface area (Å²) < 4.78 is 5.19. The van der Waals surface area contributed by atoms with Crippen molar-refractivity contribution >= 4 is 5.97 Å². The van der Waals surface area contributed by atoms with Gasteiger partial charge in [0.1, 0.15) is 5.75 Å². The molecule has 0 saturated heterocycles. The molecule has 3 nitrogen and oxygen atoms in total. The minimum atomic E-state index is -0.365. The summed E-state index contributed by atoms with van der Waals surface area (Å²) >= 11 is 0. The summed E-state index contributed by atoms with van der Waals surface area (Å²) in [6, 6.07) is 10.8. The molecule has 1 aromatic heterocycles. The van der Waals surface area contributed by atoms with Crippen LogP contribution in [-0.4, -0.2) is 11.0 Å². The molecule has 0 fully saturated rings. The van der Waals surface area contributed by atoms with Gasteiger partial charge in [-0.15, -0.1) is 0 Å². The lowest BCUT2D eigenvalue weighted by Gasteiger charge is -2.04. The zero-order valence-electron chi connectivity index (χ0n) is 9.81. The van der Waals surface area contributed by atoms with Gasteiger partial charge < -0.3 is 4.74 Å². The highest BCUT2D eigenvalue weighted by Crippen LogP contribution is 2.12. The maximum absolute atomic E-state index is 11.8. The van der Waals surface area contributed by atoms with Crippen LogP contribution >= 0.6 is 0 Å². The van der Waals surface area contributed by atoms with Crippen molar-refractivity contribution in [3.63, 3.8) is 0 Å². The van der Waals surface area contributed by atoms with E-state index in [1.54, 1.807) is 30.5 Å². The molecule has 1 aromatic carbocycles. The van der Waals surface area contributed by atoms with Gasteiger partial charge in [-0.05, 0) is 38.1 Å². The van der Waals surface area contributed by atoms with Crippen LogP contribution < -0.4 is 4.74 Å². The molecule has 0 radical (unpaired) electrons. The van der Waals surface area contributed by atoms with Crippen LogP contribution in [0.2, 0.25) is 0 Å². The molecule has 0 atom stereocenters. The molecule has 0 aliphatic carbocycles. The average molecular weight is 227 g/mol. The first-order chi connectivity index (χ1) is 8.15. The lowest BCUT2D eigenvalue weighted by molar-refractivity contribution is 0.0734. The maximum Gasteiger partial charge on any atom is 0.343 e. The number of benzene rings is 1. The highest BCUT2D eigenvalue weighted by Gasteiger charge is 2.07. The van der Waals surface area contributed by atoms with Crippen molar-refractivity contribution < 1.29 is 9.53 Å². The Morgan fingerprint density at radius 3 is 2.35 bits per heavy atom. The molecular formula is C14H13NO2. The molecule has 0 N–H and O–H groups in total. The Morgan fingerprint density at radius 1 is 1.06 bits per heavy atom. The number of aryl methyl sites for hydroxylation is 2. The number of aromatic nitrogens is 1. The van der Waals surface area contributed by atoms with E-state index in [9.17, 15) is 4.79 Å². The first-order valence-corrected chi connectivity index (χ1v) is 5.36. The highest BCUT2D eigenvalue weighted by molar-refractivity contribution is 5.91. The van der Waals surface area contributed by atoms with E-state index in [-0.39, 0.29) is 5.97 Å². The SMILES string of the molecule is Cc1ccc(C(=O)Oc2ccc(C)nc2)cc1. The van der Waals surface area contributed by atoms with E-state index in [0.29, 0.717) is 11.3 Å². The summed E-state index contributed by atoms with van der Waals surface area (Å²) in [6.45, 7) is 3.85. The molecule has 3 heteroatoms. The maximum atomic E-state index is 11.8. The largest absolute Gasteiger partial charge is 0.421 e. The lowest BCUT2D eigenvalue weighted by Crippen LogP contribution is -2.08. The van der Waals surface area contributed by atoms with E-state index in [1.165, 1.54) is 0 Å². The summed E-state index contributed by atoms with van der Waals surface area (Å²) in [7, 11) is 0. The van der Waals surface area contributed by atoms with E-state index in [4.69, 9.17) is 4.74 Å². The summed E-state index contributed by atoms with van der Waals surface area (Å²) in [4.78, 5) is 15.8. The van der Waals surface area contributed by atoms with Crippen molar-refractivity contribution in [3.8, 4) is 5.75 Å². The van der Waals surface area contributed by atoms with Gasteiger partial charge in [0.15, 0.2) is 0 Å². The molecule has 0 spiro atoms. The predicted molar refractivity (Wildman–Crippen MR) is 65.1 cm³/mol. The zero-order chi connectivity index (χ0) is 12.3. The first kappa shape index (κ1) is 11.3. The second-order valence-corrected chi connectivity index (χ2v) is 3.89. The number of carbonyl (C=O) groups is 1. The van der Waals surface area contributed by atoms with Crippen LogP contribution in [0.5, 0.6) is 5.75 Å². The molecule has 17 heavy (non-hydrogen) atoms. The Hall–Kier alpha value is -2.16. The van der Waals surface area contributed by atoms with Crippen molar-refractivity contribution in [2.45, 2.75) is 13.8 Å². The second-order valence-electron chi connectivity index (χ2n) is 3.89. The van der Waals surface area contributed by atoms with Crippen molar-refractivity contribution in [3.05, 3.63) is 59.4 Å². The molecule has 0 aliphatic rings. The highest BCUT2D eigenvalue weighted by atomic mass is 16.5. The molecule has 0 bridgehead atoms. The van der Waals surface area contributed by atoms with Crippen molar-refractivity contribution in [2.75, 3.05) is 0 Å². The van der Waals surface area contributed by atoms with Gasteiger partial charge in [0.25, 0.3) is 0 Å². The van der Waals surface area contributed by atoms with Crippen molar-refractivity contribution in [1.29, 1.82) is 0 Å². The number of ether oxygens (including phenoxy) is 1. The number of rotatable bonds is 2. The Morgan fingerprint density at radius 2 is 1.76 bits per heavy atom. The summed E-state index contributed by atoms with van der Waals surface area (Å²) in [5, 5.41) is 0. The van der Waals surface area contributed by atoms with E-state index in [0.717, 1.165) is 11.3 Å². The van der Waals surface area contributed by atoms with Crippen molar-refractivity contribution in [1.82, 2.24) is 4.98 Å². The van der Waals surface area contributed by atoms with E-state index >= 15 is 0 Å². The first-order valence-electron chi connectivity index (χ1n) is 5.36. The third-order valence-corrected chi connectivity index (χ3v) is 2.38. The quantitative estimate of drug-likeness (QED) is 0.740. The van der Waals surface area contributed by atoms with Crippen LogP contribution in [0.1, 0.15) is 21.6 Å². The Kier molecular flexibility index (Phi) is 3.19. The smallest absolute Gasteiger partial charge is 0.343 e. The number of nitrogens with zero attached hydrogens (tertiary/aromatic N) is 1. The fraction of sp³-hybridized carbons (Fsp3) is 0.143. The van der Waals surface area contributed by atoms with Gasteiger partial charge in [-0.25, -0.2) is 4.79 Å². The number of hydrogen-bond acceptors (Lipinski definition) is 3. The molecule has 2 rings (SSSR count). The number of esters is 1. The van der Waals surface area contributed by atoms with Crippen LogP contribution in [0.3, 0.4) is 0 Å². The lowest BCUT2D eigenvalue weighted by atomic mass is 10.1. The number of pyridine rings is 1. The van der Waals surface area contributed by atoms with Crippen LogP contribution in [0, 0.1) is 13.8 Å². The molecule has 0 saturated carbocycles. The van der Waals surface area contributed by atoms with Gasteiger partial charge in [-0.3, -0.25) is 4.98 Å². The van der Waals surface area contributed by atoms with Crippen LogP contribution in [0.25, 0.3) is 0 Å². The summed E-state index contributed by atoms with van der Waals surface area (Å²) in [6.07, 6.45) is 1.54. The molecule has 86 valence electrons. The average Bonchev–Trinajstić information content (AvgIpc) is 2.33. The monoisotopic (exact) mass is 227 g/mol. The van der Waals surface area contributed by atoms with Gasteiger partial charge in [-0.1, -0.05) is 17.7 Å². The Labute approximate surface area is 100 Å². The van der Waals surface area contributed by atoms with Gasteiger partial charge in [0.05, 0.1) is 11.8 Å². The third-order valence-electron chi connectivity index (χ3n) is 2.38.